The molecule has 2 radical (unpaired) electrons. The number of piperidine rings is 1. The van der Waals surface area contributed by atoms with Gasteiger partial charge in [0.2, 0.25) is 0 Å². The molecule has 4 aliphatic rings. The topological polar surface area (TPSA) is 14.1 Å². The van der Waals surface area contributed by atoms with Crippen molar-refractivity contribution in [2.75, 3.05) is 13.1 Å². The average molecular weight is 191 g/mol. The van der Waals surface area contributed by atoms with E-state index in [0.29, 0.717) is 0 Å². The first-order valence-electron chi connectivity index (χ1n) is 6.36. The minimum atomic E-state index is 0.775. The Morgan fingerprint density at radius 2 is 1.50 bits per heavy atom. The second kappa shape index (κ2) is 3.52. The van der Waals surface area contributed by atoms with E-state index >= 15 is 0 Å². The molecule has 1 heteroatoms. The zero-order valence-corrected chi connectivity index (χ0v) is 9.10. The number of hydrogen-bond acceptors (Lipinski definition) is 0. The summed E-state index contributed by atoms with van der Waals surface area (Å²) in [6.45, 7) is 2.31. The Balaban J connectivity index is 1.73. The summed E-state index contributed by atoms with van der Waals surface area (Å²) < 4.78 is 0. The normalized spacial score (nSPS) is 33.4. The van der Waals surface area contributed by atoms with Crippen molar-refractivity contribution in [2.24, 2.45) is 11.3 Å². The van der Waals surface area contributed by atoms with Crippen molar-refractivity contribution in [1.82, 2.24) is 5.32 Å². The van der Waals surface area contributed by atoms with Crippen LogP contribution in [0.4, 0.5) is 0 Å². The number of hydrogen-bond donors (Lipinski definition) is 0. The van der Waals surface area contributed by atoms with Crippen LogP contribution in [0.1, 0.15) is 51.4 Å². The molecule has 0 amide bonds. The molecule has 1 aliphatic heterocycles. The lowest BCUT2D eigenvalue weighted by Crippen LogP contribution is -2.42. The fraction of sp³-hybridized carbons (Fsp3) is 0.923. The summed E-state index contributed by atoms with van der Waals surface area (Å²) in [6.07, 6.45) is 11.8. The summed E-state index contributed by atoms with van der Waals surface area (Å²) in [5.74, 6) is 2.91. The Morgan fingerprint density at radius 1 is 0.929 bits per heavy atom. The molecule has 1 saturated heterocycles. The molecule has 2 bridgehead atoms. The highest BCUT2D eigenvalue weighted by molar-refractivity contribution is 5.08. The van der Waals surface area contributed by atoms with E-state index in [0.717, 1.165) is 24.4 Å². The van der Waals surface area contributed by atoms with Crippen molar-refractivity contribution in [2.45, 2.75) is 51.4 Å². The van der Waals surface area contributed by atoms with Gasteiger partial charge in [-0.05, 0) is 68.6 Å². The van der Waals surface area contributed by atoms with Crippen molar-refractivity contribution in [3.05, 3.63) is 5.92 Å². The maximum atomic E-state index is 4.50. The maximum Gasteiger partial charge on any atom is 0.0136 e. The summed E-state index contributed by atoms with van der Waals surface area (Å²) in [4.78, 5) is 0. The molecule has 14 heavy (non-hydrogen) atoms. The quantitative estimate of drug-likeness (QED) is 0.605. The molecule has 3 saturated carbocycles. The summed E-state index contributed by atoms with van der Waals surface area (Å²) >= 11 is 0. The van der Waals surface area contributed by atoms with Crippen molar-refractivity contribution in [1.29, 1.82) is 0 Å². The third-order valence-corrected chi connectivity index (χ3v) is 5.07. The largest absolute Gasteiger partial charge is 0.242 e. The van der Waals surface area contributed by atoms with Crippen LogP contribution in [-0.2, 0) is 0 Å². The number of nitrogens with zero attached hydrogens (tertiary/aromatic N) is 1. The Morgan fingerprint density at radius 3 is 2.07 bits per heavy atom. The summed E-state index contributed by atoms with van der Waals surface area (Å²) in [7, 11) is 0. The highest BCUT2D eigenvalue weighted by Gasteiger charge is 2.45. The molecule has 0 atom stereocenters. The third-order valence-electron chi connectivity index (χ3n) is 5.07. The lowest BCUT2D eigenvalue weighted by atomic mass is 9.54. The smallest absolute Gasteiger partial charge is 0.0136 e. The Kier molecular flexibility index (Phi) is 2.31. The summed E-state index contributed by atoms with van der Waals surface area (Å²) in [5.41, 5.74) is 0.775. The maximum absolute atomic E-state index is 4.50. The van der Waals surface area contributed by atoms with E-state index in [2.05, 4.69) is 5.32 Å². The summed E-state index contributed by atoms with van der Waals surface area (Å²) in [6, 6.07) is 0. The second-order valence-corrected chi connectivity index (χ2v) is 5.56. The first kappa shape index (κ1) is 9.21. The van der Waals surface area contributed by atoms with Crippen molar-refractivity contribution in [3.8, 4) is 0 Å². The standard InChI is InChI=1S/C13H21N/c1-6-13(7-2-11(1)3-8-13)12-4-9-14-10-5-12/h12H,1-10H2. The van der Waals surface area contributed by atoms with Gasteiger partial charge in [0.15, 0.2) is 0 Å². The van der Waals surface area contributed by atoms with Crippen LogP contribution in [0.15, 0.2) is 0 Å². The zero-order chi connectivity index (χ0) is 9.43. The van der Waals surface area contributed by atoms with E-state index in [9.17, 15) is 0 Å². The van der Waals surface area contributed by atoms with Gasteiger partial charge in [0.05, 0.1) is 0 Å². The fourth-order valence-corrected chi connectivity index (χ4v) is 4.00. The van der Waals surface area contributed by atoms with Crippen LogP contribution < -0.4 is 5.32 Å². The lowest BCUT2D eigenvalue weighted by Gasteiger charge is -2.52. The van der Waals surface area contributed by atoms with E-state index in [4.69, 9.17) is 0 Å². The van der Waals surface area contributed by atoms with Crippen LogP contribution in [0.25, 0.3) is 0 Å². The van der Waals surface area contributed by atoms with Gasteiger partial charge >= 0.3 is 0 Å². The predicted molar refractivity (Wildman–Crippen MR) is 58.0 cm³/mol. The molecule has 0 aromatic rings. The molecule has 0 spiro atoms. The molecule has 4 fully saturated rings. The molecule has 1 nitrogen and oxygen atoms in total. The van der Waals surface area contributed by atoms with Crippen LogP contribution in [0, 0.1) is 17.3 Å². The average Bonchev–Trinajstić information content (AvgIpc) is 2.33. The minimum Gasteiger partial charge on any atom is -0.242 e. The Bertz CT molecular complexity index is 184. The van der Waals surface area contributed by atoms with Gasteiger partial charge in [-0.15, -0.1) is 0 Å². The molecule has 78 valence electrons. The monoisotopic (exact) mass is 191 g/mol. The summed E-state index contributed by atoms with van der Waals surface area (Å²) in [5, 5.41) is 4.50. The van der Waals surface area contributed by atoms with Crippen LogP contribution in [0.5, 0.6) is 0 Å². The van der Waals surface area contributed by atoms with Gasteiger partial charge in [-0.25, -0.2) is 5.32 Å². The molecular formula is C13H21N. The fourth-order valence-electron chi connectivity index (χ4n) is 4.00. The van der Waals surface area contributed by atoms with E-state index in [1.807, 2.05) is 5.92 Å². The highest BCUT2D eigenvalue weighted by atomic mass is 14.9. The first-order chi connectivity index (χ1) is 6.89. The first-order valence-corrected chi connectivity index (χ1v) is 6.36. The van der Waals surface area contributed by atoms with Crippen LogP contribution in [0.2, 0.25) is 0 Å². The van der Waals surface area contributed by atoms with E-state index in [-0.39, 0.29) is 0 Å². The molecule has 3 aliphatic carbocycles. The predicted octanol–water partition coefficient (Wildman–Crippen LogP) is 2.93. The van der Waals surface area contributed by atoms with Crippen LogP contribution in [-0.4, -0.2) is 13.1 Å². The van der Waals surface area contributed by atoms with Gasteiger partial charge in [0.1, 0.15) is 0 Å². The van der Waals surface area contributed by atoms with Crippen LogP contribution >= 0.6 is 0 Å². The second-order valence-electron chi connectivity index (χ2n) is 5.56. The van der Waals surface area contributed by atoms with E-state index in [1.165, 1.54) is 51.4 Å². The molecular weight excluding hydrogens is 170 g/mol. The van der Waals surface area contributed by atoms with Gasteiger partial charge in [-0.1, -0.05) is 0 Å². The molecule has 0 aromatic heterocycles. The van der Waals surface area contributed by atoms with Gasteiger partial charge < -0.3 is 0 Å². The third kappa shape index (κ3) is 1.41. The minimum absolute atomic E-state index is 0.775. The van der Waals surface area contributed by atoms with Crippen molar-refractivity contribution >= 4 is 0 Å². The molecule has 1 heterocycles. The van der Waals surface area contributed by atoms with E-state index in [1.54, 1.807) is 0 Å². The zero-order valence-electron chi connectivity index (χ0n) is 9.10. The van der Waals surface area contributed by atoms with Gasteiger partial charge in [-0.3, -0.25) is 0 Å². The van der Waals surface area contributed by atoms with Crippen LogP contribution in [0.3, 0.4) is 0 Å². The molecule has 0 N–H and O–H groups in total. The number of fused-ring (bicyclic) bond motifs is 3. The molecule has 4 rings (SSSR count). The van der Waals surface area contributed by atoms with Crippen molar-refractivity contribution < 1.29 is 0 Å². The van der Waals surface area contributed by atoms with Crippen molar-refractivity contribution in [3.63, 3.8) is 0 Å². The Hall–Kier alpha value is -0.0400. The van der Waals surface area contributed by atoms with Gasteiger partial charge in [0.25, 0.3) is 0 Å². The lowest BCUT2D eigenvalue weighted by molar-refractivity contribution is 0.0373. The number of rotatable bonds is 1. The molecule has 0 unspecified atom stereocenters. The van der Waals surface area contributed by atoms with Gasteiger partial charge in [0, 0.05) is 13.1 Å². The SMILES string of the molecule is C1CC(C23CC[C](CC2)CC3)CC[N]1. The van der Waals surface area contributed by atoms with Gasteiger partial charge in [-0.2, -0.15) is 0 Å². The van der Waals surface area contributed by atoms with E-state index < -0.39 is 0 Å². The molecule has 0 aromatic carbocycles. The Labute approximate surface area is 87.7 Å². The highest BCUT2D eigenvalue weighted by Crippen LogP contribution is 2.56.